The normalized spacial score (nSPS) is 29.7. The molecule has 10 heteroatoms. The maximum atomic E-state index is 12.1. The number of rotatable bonds is 4. The maximum Gasteiger partial charge on any atom is 0.335 e. The molecule has 0 bridgehead atoms. The Labute approximate surface area is 153 Å². The zero-order chi connectivity index (χ0) is 19.8. The minimum absolute atomic E-state index is 0.0229. The van der Waals surface area contributed by atoms with Gasteiger partial charge in [-0.3, -0.25) is 4.79 Å². The van der Waals surface area contributed by atoms with Crippen molar-refractivity contribution >= 4 is 18.0 Å². The number of aromatic hydroxyl groups is 1. The maximum absolute atomic E-state index is 12.1. The first-order valence-corrected chi connectivity index (χ1v) is 8.13. The highest BCUT2D eigenvalue weighted by atomic mass is 16.7. The van der Waals surface area contributed by atoms with E-state index in [0.717, 1.165) is 6.08 Å². The molecule has 1 fully saturated rings. The number of hydrogen-bond acceptors (Lipinski definition) is 8. The number of fused-ring (bicyclic) bond motifs is 1. The summed E-state index contributed by atoms with van der Waals surface area (Å²) in [5.74, 6) is -1.84. The molecular formula is C17H19NO9. The number of carboxylic acids is 1. The monoisotopic (exact) mass is 381 g/mol. The van der Waals surface area contributed by atoms with Gasteiger partial charge in [0.2, 0.25) is 18.4 Å². The van der Waals surface area contributed by atoms with E-state index in [4.69, 9.17) is 14.6 Å². The van der Waals surface area contributed by atoms with E-state index in [0.29, 0.717) is 11.3 Å². The molecule has 0 unspecified atom stereocenters. The van der Waals surface area contributed by atoms with E-state index in [1.165, 1.54) is 12.1 Å². The van der Waals surface area contributed by atoms with Crippen LogP contribution in [0, 0.1) is 0 Å². The SMILES string of the molecule is O=C(/C=C\c1cc(O)c2c(c1)OCO2)N[C@H]1C[C@](O)(C(=O)O)C[C@@H](O)[C@H]1O. The molecule has 0 saturated heterocycles. The second kappa shape index (κ2) is 7.06. The van der Waals surface area contributed by atoms with Crippen LogP contribution in [0.4, 0.5) is 0 Å². The van der Waals surface area contributed by atoms with Crippen LogP contribution in [0.3, 0.4) is 0 Å². The number of carbonyl (C=O) groups is 2. The standard InChI is InChI=1S/C17H19NO9/c19-10-3-8(4-12-15(10)27-7-26-12)1-2-13(21)18-9-5-17(25,16(23)24)6-11(20)14(9)22/h1-4,9,11,14,19-20,22,25H,5-7H2,(H,18,21)(H,23,24)/b2-1-/t9-,11+,14-,17+/m0/s1. The first-order valence-electron chi connectivity index (χ1n) is 8.13. The summed E-state index contributed by atoms with van der Waals surface area (Å²) >= 11 is 0. The van der Waals surface area contributed by atoms with Crippen molar-refractivity contribution in [2.24, 2.45) is 0 Å². The van der Waals surface area contributed by atoms with Gasteiger partial charge < -0.3 is 40.3 Å². The van der Waals surface area contributed by atoms with Gasteiger partial charge in [-0.15, -0.1) is 0 Å². The van der Waals surface area contributed by atoms with E-state index in [9.17, 15) is 30.0 Å². The Hall–Kier alpha value is -2.82. The summed E-state index contributed by atoms with van der Waals surface area (Å²) in [5.41, 5.74) is -1.80. The van der Waals surface area contributed by atoms with Crippen LogP contribution < -0.4 is 14.8 Å². The number of carbonyl (C=O) groups excluding carboxylic acids is 1. The number of phenolic OH excluding ortho intramolecular Hbond substituents is 1. The van der Waals surface area contributed by atoms with Crippen LogP contribution in [0.5, 0.6) is 17.2 Å². The van der Waals surface area contributed by atoms with Crippen LogP contribution in [-0.2, 0) is 9.59 Å². The van der Waals surface area contributed by atoms with Crippen molar-refractivity contribution in [3.63, 3.8) is 0 Å². The van der Waals surface area contributed by atoms with Gasteiger partial charge >= 0.3 is 5.97 Å². The molecule has 10 nitrogen and oxygen atoms in total. The second-order valence-electron chi connectivity index (χ2n) is 6.53. The van der Waals surface area contributed by atoms with Crippen molar-refractivity contribution in [2.75, 3.05) is 6.79 Å². The smallest absolute Gasteiger partial charge is 0.335 e. The van der Waals surface area contributed by atoms with Crippen LogP contribution in [0.1, 0.15) is 18.4 Å². The number of phenols is 1. The van der Waals surface area contributed by atoms with Crippen molar-refractivity contribution in [2.45, 2.75) is 36.7 Å². The lowest BCUT2D eigenvalue weighted by atomic mass is 9.78. The molecule has 0 spiro atoms. The number of ether oxygens (including phenoxy) is 2. The number of nitrogens with one attached hydrogen (secondary N) is 1. The predicted molar refractivity (Wildman–Crippen MR) is 89.0 cm³/mol. The first-order chi connectivity index (χ1) is 12.7. The van der Waals surface area contributed by atoms with Gasteiger partial charge in [-0.25, -0.2) is 4.79 Å². The fourth-order valence-electron chi connectivity index (χ4n) is 3.13. The van der Waals surface area contributed by atoms with Gasteiger partial charge in [-0.2, -0.15) is 0 Å². The number of carboxylic acid groups (broad SMARTS) is 1. The Morgan fingerprint density at radius 3 is 2.67 bits per heavy atom. The Bertz CT molecular complexity index is 793. The van der Waals surface area contributed by atoms with Gasteiger partial charge in [0.25, 0.3) is 0 Å². The molecule has 3 rings (SSSR count). The Morgan fingerprint density at radius 1 is 1.22 bits per heavy atom. The number of amides is 1. The van der Waals surface area contributed by atoms with Gasteiger partial charge in [-0.1, -0.05) is 0 Å². The highest BCUT2D eigenvalue weighted by Gasteiger charge is 2.49. The molecule has 146 valence electrons. The van der Waals surface area contributed by atoms with E-state index < -0.39 is 48.6 Å². The molecule has 4 atom stereocenters. The number of aliphatic carboxylic acids is 1. The lowest BCUT2D eigenvalue weighted by Gasteiger charge is -2.39. The van der Waals surface area contributed by atoms with E-state index in [1.54, 1.807) is 6.07 Å². The van der Waals surface area contributed by atoms with Crippen LogP contribution in [0.2, 0.25) is 0 Å². The Kier molecular flexibility index (Phi) is 4.96. The van der Waals surface area contributed by atoms with E-state index in [1.807, 2.05) is 0 Å². The summed E-state index contributed by atoms with van der Waals surface area (Å²) in [5, 5.41) is 51.1. The summed E-state index contributed by atoms with van der Waals surface area (Å²) in [6.07, 6.45) is -1.44. The summed E-state index contributed by atoms with van der Waals surface area (Å²) in [7, 11) is 0. The number of benzene rings is 1. The van der Waals surface area contributed by atoms with Gasteiger partial charge in [0, 0.05) is 18.9 Å². The Balaban J connectivity index is 1.69. The molecule has 1 aromatic carbocycles. The van der Waals surface area contributed by atoms with E-state index in [2.05, 4.69) is 5.32 Å². The molecule has 1 saturated carbocycles. The minimum atomic E-state index is -2.25. The highest BCUT2D eigenvalue weighted by molar-refractivity contribution is 5.92. The van der Waals surface area contributed by atoms with Crippen molar-refractivity contribution in [3.8, 4) is 17.2 Å². The van der Waals surface area contributed by atoms with Gasteiger partial charge in [0.15, 0.2) is 17.1 Å². The summed E-state index contributed by atoms with van der Waals surface area (Å²) < 4.78 is 10.2. The van der Waals surface area contributed by atoms with Crippen LogP contribution in [-0.4, -0.2) is 68.1 Å². The van der Waals surface area contributed by atoms with Gasteiger partial charge in [-0.05, 0) is 23.8 Å². The number of hydrogen-bond donors (Lipinski definition) is 6. The van der Waals surface area contributed by atoms with Crippen molar-refractivity contribution in [1.29, 1.82) is 0 Å². The molecule has 27 heavy (non-hydrogen) atoms. The molecule has 1 aliphatic heterocycles. The molecule has 0 radical (unpaired) electrons. The molecule has 1 aliphatic carbocycles. The largest absolute Gasteiger partial charge is 0.504 e. The summed E-state index contributed by atoms with van der Waals surface area (Å²) in [6, 6.07) is 1.76. The zero-order valence-electron chi connectivity index (χ0n) is 14.0. The van der Waals surface area contributed by atoms with Crippen molar-refractivity contribution in [1.82, 2.24) is 5.32 Å². The summed E-state index contributed by atoms with van der Waals surface area (Å²) in [4.78, 5) is 23.3. The van der Waals surface area contributed by atoms with Crippen molar-refractivity contribution in [3.05, 3.63) is 23.8 Å². The average Bonchev–Trinajstić information content (AvgIpc) is 3.06. The zero-order valence-corrected chi connectivity index (χ0v) is 14.0. The van der Waals surface area contributed by atoms with E-state index in [-0.39, 0.29) is 18.3 Å². The molecular weight excluding hydrogens is 362 g/mol. The third kappa shape index (κ3) is 3.82. The molecule has 0 aromatic heterocycles. The van der Waals surface area contributed by atoms with E-state index >= 15 is 0 Å². The molecule has 1 aromatic rings. The molecule has 2 aliphatic rings. The average molecular weight is 381 g/mol. The molecule has 1 amide bonds. The third-order valence-electron chi connectivity index (χ3n) is 4.54. The first kappa shape index (κ1) is 19.0. The minimum Gasteiger partial charge on any atom is -0.504 e. The Morgan fingerprint density at radius 2 is 1.96 bits per heavy atom. The molecule has 6 N–H and O–H groups in total. The quantitative estimate of drug-likeness (QED) is 0.357. The number of aliphatic hydroxyl groups is 3. The lowest BCUT2D eigenvalue weighted by Crippen LogP contribution is -2.60. The second-order valence-corrected chi connectivity index (χ2v) is 6.53. The van der Waals surface area contributed by atoms with Crippen LogP contribution in [0.25, 0.3) is 6.08 Å². The third-order valence-corrected chi connectivity index (χ3v) is 4.54. The van der Waals surface area contributed by atoms with Crippen LogP contribution in [0.15, 0.2) is 18.2 Å². The van der Waals surface area contributed by atoms with Gasteiger partial charge in [0.1, 0.15) is 6.10 Å². The fourth-order valence-corrected chi connectivity index (χ4v) is 3.13. The number of aliphatic hydroxyl groups excluding tert-OH is 2. The topological polar surface area (TPSA) is 166 Å². The van der Waals surface area contributed by atoms with Gasteiger partial charge in [0.05, 0.1) is 12.1 Å². The predicted octanol–water partition coefficient (Wildman–Crippen LogP) is -1.05. The van der Waals surface area contributed by atoms with Crippen LogP contribution >= 0.6 is 0 Å². The highest BCUT2D eigenvalue weighted by Crippen LogP contribution is 2.41. The van der Waals surface area contributed by atoms with Crippen molar-refractivity contribution < 1.29 is 44.6 Å². The summed E-state index contributed by atoms with van der Waals surface area (Å²) in [6.45, 7) is -0.0229. The fraction of sp³-hybridized carbons (Fsp3) is 0.412. The lowest BCUT2D eigenvalue weighted by molar-refractivity contribution is -0.175. The molecule has 1 heterocycles.